The van der Waals surface area contributed by atoms with Gasteiger partial charge in [0.05, 0.1) is 6.04 Å². The topological polar surface area (TPSA) is 24.1 Å². The molecule has 0 aliphatic carbocycles. The summed E-state index contributed by atoms with van der Waals surface area (Å²) in [5.74, 6) is 0. The van der Waals surface area contributed by atoms with Crippen LogP contribution in [0.1, 0.15) is 23.6 Å². The lowest BCUT2D eigenvalue weighted by Crippen LogP contribution is -2.45. The van der Waals surface area contributed by atoms with Crippen molar-refractivity contribution in [1.29, 1.82) is 0 Å². The van der Waals surface area contributed by atoms with Crippen LogP contribution in [0.2, 0.25) is 0 Å². The molecule has 0 radical (unpaired) electrons. The molecule has 3 rings (SSSR count). The third kappa shape index (κ3) is 1.79. The molecule has 0 bridgehead atoms. The Balaban J connectivity index is 1.92. The third-order valence-corrected chi connectivity index (χ3v) is 3.54. The molecule has 0 fully saturated rings. The van der Waals surface area contributed by atoms with E-state index in [4.69, 9.17) is 0 Å². The van der Waals surface area contributed by atoms with Crippen LogP contribution >= 0.6 is 0 Å². The summed E-state index contributed by atoms with van der Waals surface area (Å²) >= 11 is 0. The summed E-state index contributed by atoms with van der Waals surface area (Å²) in [5, 5.41) is 7.21. The zero-order valence-electron chi connectivity index (χ0n) is 9.45. The Hall–Kier alpha value is -1.12. The van der Waals surface area contributed by atoms with E-state index in [2.05, 4.69) is 47.1 Å². The molecule has 2 aliphatic heterocycles. The van der Waals surface area contributed by atoms with Crippen LogP contribution in [0.5, 0.6) is 0 Å². The Kier molecular flexibility index (Phi) is 2.77. The maximum Gasteiger partial charge on any atom is 0.0515 e. The third-order valence-electron chi connectivity index (χ3n) is 3.54. The zero-order chi connectivity index (χ0) is 10.8. The first-order valence-electron chi connectivity index (χ1n) is 6.16. The summed E-state index contributed by atoms with van der Waals surface area (Å²) in [6.07, 6.45) is 6.91. The Morgan fingerprint density at radius 2 is 2.00 bits per heavy atom. The molecule has 84 valence electrons. The van der Waals surface area contributed by atoms with Crippen molar-refractivity contribution < 1.29 is 0 Å². The van der Waals surface area contributed by atoms with E-state index < -0.39 is 0 Å². The molecule has 2 heteroatoms. The highest BCUT2D eigenvalue weighted by atomic mass is 15.0. The van der Waals surface area contributed by atoms with E-state index in [9.17, 15) is 0 Å². The van der Waals surface area contributed by atoms with Crippen molar-refractivity contribution in [3.05, 3.63) is 47.5 Å². The predicted octanol–water partition coefficient (Wildman–Crippen LogP) is 1.79. The molecule has 2 N–H and O–H groups in total. The van der Waals surface area contributed by atoms with Gasteiger partial charge in [-0.15, -0.1) is 0 Å². The van der Waals surface area contributed by atoms with E-state index in [0.717, 1.165) is 25.9 Å². The number of fused-ring (bicyclic) bond motifs is 1. The lowest BCUT2D eigenvalue weighted by atomic mass is 9.89. The maximum absolute atomic E-state index is 3.63. The Morgan fingerprint density at radius 3 is 2.88 bits per heavy atom. The van der Waals surface area contributed by atoms with Crippen molar-refractivity contribution >= 4 is 0 Å². The van der Waals surface area contributed by atoms with Crippen molar-refractivity contribution in [2.45, 2.75) is 24.9 Å². The number of benzene rings is 1. The molecule has 0 amide bonds. The Labute approximate surface area is 96.7 Å². The molecule has 1 aromatic rings. The Bertz CT molecular complexity index is 397. The van der Waals surface area contributed by atoms with Crippen LogP contribution in [0.25, 0.3) is 0 Å². The highest BCUT2D eigenvalue weighted by Crippen LogP contribution is 2.26. The normalized spacial score (nSPS) is 28.8. The van der Waals surface area contributed by atoms with Gasteiger partial charge in [0.15, 0.2) is 0 Å². The molecule has 2 heterocycles. The number of rotatable bonds is 1. The molecule has 0 saturated carbocycles. The summed E-state index contributed by atoms with van der Waals surface area (Å²) in [6, 6.07) is 9.71. The van der Waals surface area contributed by atoms with E-state index in [1.807, 2.05) is 0 Å². The summed E-state index contributed by atoms with van der Waals surface area (Å²) < 4.78 is 0. The van der Waals surface area contributed by atoms with Crippen LogP contribution < -0.4 is 10.6 Å². The predicted molar refractivity (Wildman–Crippen MR) is 66.4 cm³/mol. The highest BCUT2D eigenvalue weighted by molar-refractivity contribution is 5.34. The fraction of sp³-hybridized carbons (Fsp3) is 0.429. The fourth-order valence-electron chi connectivity index (χ4n) is 2.73. The minimum Gasteiger partial charge on any atom is -0.309 e. The Morgan fingerprint density at radius 1 is 1.06 bits per heavy atom. The van der Waals surface area contributed by atoms with Gasteiger partial charge in [-0.3, -0.25) is 0 Å². The molecule has 1 aromatic carbocycles. The van der Waals surface area contributed by atoms with E-state index in [1.165, 1.54) is 11.1 Å². The second-order valence-electron chi connectivity index (χ2n) is 4.58. The standard InChI is InChI=1S/C14H18N2/c1-2-6-12-11(5-1)8-10-16-14(12)13-7-3-4-9-15-13/h1-3,5-7,13-16H,4,8-10H2. The minimum atomic E-state index is 0.446. The smallest absolute Gasteiger partial charge is 0.0515 e. The van der Waals surface area contributed by atoms with E-state index >= 15 is 0 Å². The summed E-state index contributed by atoms with van der Waals surface area (Å²) in [6.45, 7) is 2.19. The second-order valence-corrected chi connectivity index (χ2v) is 4.58. The van der Waals surface area contributed by atoms with Crippen LogP contribution in [0, 0.1) is 0 Å². The average Bonchev–Trinajstić information content (AvgIpc) is 2.39. The highest BCUT2D eigenvalue weighted by Gasteiger charge is 2.25. The number of nitrogens with one attached hydrogen (secondary N) is 2. The lowest BCUT2D eigenvalue weighted by Gasteiger charge is -2.33. The molecule has 2 nitrogen and oxygen atoms in total. The first-order chi connectivity index (χ1) is 7.95. The molecular weight excluding hydrogens is 196 g/mol. The minimum absolute atomic E-state index is 0.446. The van der Waals surface area contributed by atoms with Crippen LogP contribution in [0.4, 0.5) is 0 Å². The molecular formula is C14H18N2. The van der Waals surface area contributed by atoms with Gasteiger partial charge in [0, 0.05) is 6.04 Å². The molecule has 16 heavy (non-hydrogen) atoms. The largest absolute Gasteiger partial charge is 0.309 e. The van der Waals surface area contributed by atoms with Gasteiger partial charge in [-0.2, -0.15) is 0 Å². The van der Waals surface area contributed by atoms with Gasteiger partial charge in [0.25, 0.3) is 0 Å². The number of hydrogen-bond donors (Lipinski definition) is 2. The zero-order valence-corrected chi connectivity index (χ0v) is 9.45. The molecule has 0 spiro atoms. The van der Waals surface area contributed by atoms with Crippen molar-refractivity contribution in [2.75, 3.05) is 13.1 Å². The molecule has 0 saturated heterocycles. The quantitative estimate of drug-likeness (QED) is 0.696. The first-order valence-corrected chi connectivity index (χ1v) is 6.16. The molecule has 2 atom stereocenters. The van der Waals surface area contributed by atoms with E-state index in [-0.39, 0.29) is 0 Å². The monoisotopic (exact) mass is 214 g/mol. The van der Waals surface area contributed by atoms with Crippen LogP contribution in [0.3, 0.4) is 0 Å². The van der Waals surface area contributed by atoms with Gasteiger partial charge < -0.3 is 10.6 Å². The van der Waals surface area contributed by atoms with E-state index in [0.29, 0.717) is 12.1 Å². The van der Waals surface area contributed by atoms with Gasteiger partial charge in [0.2, 0.25) is 0 Å². The fourth-order valence-corrected chi connectivity index (χ4v) is 2.73. The van der Waals surface area contributed by atoms with Crippen LogP contribution in [0.15, 0.2) is 36.4 Å². The van der Waals surface area contributed by atoms with Gasteiger partial charge in [-0.25, -0.2) is 0 Å². The van der Waals surface area contributed by atoms with Crippen molar-refractivity contribution in [2.24, 2.45) is 0 Å². The number of hydrogen-bond acceptors (Lipinski definition) is 2. The molecule has 2 aliphatic rings. The second kappa shape index (κ2) is 4.40. The molecule has 2 unspecified atom stereocenters. The van der Waals surface area contributed by atoms with Crippen LogP contribution in [-0.4, -0.2) is 19.1 Å². The van der Waals surface area contributed by atoms with Gasteiger partial charge >= 0.3 is 0 Å². The van der Waals surface area contributed by atoms with Crippen molar-refractivity contribution in [1.82, 2.24) is 10.6 Å². The summed E-state index contributed by atoms with van der Waals surface area (Å²) in [7, 11) is 0. The lowest BCUT2D eigenvalue weighted by molar-refractivity contribution is 0.404. The van der Waals surface area contributed by atoms with Gasteiger partial charge in [0.1, 0.15) is 0 Å². The SMILES string of the molecule is C1=CC(C2NCCc3ccccc32)NCC1. The van der Waals surface area contributed by atoms with Crippen molar-refractivity contribution in [3.63, 3.8) is 0 Å². The van der Waals surface area contributed by atoms with Crippen molar-refractivity contribution in [3.8, 4) is 0 Å². The van der Waals surface area contributed by atoms with Gasteiger partial charge in [-0.1, -0.05) is 36.4 Å². The average molecular weight is 214 g/mol. The summed E-state index contributed by atoms with van der Waals surface area (Å²) in [5.41, 5.74) is 2.98. The maximum atomic E-state index is 3.63. The van der Waals surface area contributed by atoms with Crippen LogP contribution in [-0.2, 0) is 6.42 Å². The van der Waals surface area contributed by atoms with E-state index in [1.54, 1.807) is 0 Å². The molecule has 0 aromatic heterocycles. The first kappa shape index (κ1) is 10.1. The summed E-state index contributed by atoms with van der Waals surface area (Å²) in [4.78, 5) is 0. The van der Waals surface area contributed by atoms with Gasteiger partial charge in [-0.05, 0) is 37.1 Å².